The maximum absolute atomic E-state index is 10.7. The molecule has 3 nitrogen and oxygen atoms in total. The molecule has 12 heavy (non-hydrogen) atoms. The Bertz CT molecular complexity index is 162. The number of hydrogen-bond donors (Lipinski definition) is 0. The summed E-state index contributed by atoms with van der Waals surface area (Å²) in [5.74, 6) is 0. The Kier molecular flexibility index (Phi) is 2.73. The molecule has 0 aromatic heterocycles. The normalized spacial score (nSPS) is 25.6. The van der Waals surface area contributed by atoms with Crippen molar-refractivity contribution in [2.24, 2.45) is 5.41 Å². The molecule has 0 radical (unpaired) electrons. The first-order valence-electron chi connectivity index (χ1n) is 4.34. The fraction of sp³-hybridized carbons (Fsp3) is 0.889. The summed E-state index contributed by atoms with van der Waals surface area (Å²) in [6.07, 6.45) is 0.929. The molecule has 1 unspecified atom stereocenters. The molecule has 1 aliphatic heterocycles. The van der Waals surface area contributed by atoms with Crippen LogP contribution in [0.5, 0.6) is 0 Å². The van der Waals surface area contributed by atoms with Crippen LogP contribution in [0.4, 0.5) is 0 Å². The van der Waals surface area contributed by atoms with E-state index in [9.17, 15) is 4.79 Å². The van der Waals surface area contributed by atoms with E-state index in [1.807, 2.05) is 4.90 Å². The molecular formula is C9H17NO2. The molecule has 0 aliphatic carbocycles. The third kappa shape index (κ3) is 1.97. The van der Waals surface area contributed by atoms with Crippen molar-refractivity contribution in [2.75, 3.05) is 19.8 Å². The highest BCUT2D eigenvalue weighted by atomic mass is 16.5. The lowest BCUT2D eigenvalue weighted by Gasteiger charge is -2.40. The van der Waals surface area contributed by atoms with Crippen LogP contribution < -0.4 is 0 Å². The van der Waals surface area contributed by atoms with Crippen LogP contribution >= 0.6 is 0 Å². The van der Waals surface area contributed by atoms with Gasteiger partial charge in [0.1, 0.15) is 0 Å². The Balaban J connectivity index is 2.65. The highest BCUT2D eigenvalue weighted by Crippen LogP contribution is 2.25. The lowest BCUT2D eigenvalue weighted by Crippen LogP contribution is -2.51. The predicted molar refractivity (Wildman–Crippen MR) is 46.8 cm³/mol. The summed E-state index contributed by atoms with van der Waals surface area (Å²) in [5.41, 5.74) is 0.112. The molecule has 0 saturated carbocycles. The van der Waals surface area contributed by atoms with Gasteiger partial charge in [0, 0.05) is 6.54 Å². The zero-order valence-corrected chi connectivity index (χ0v) is 8.04. The van der Waals surface area contributed by atoms with E-state index < -0.39 is 0 Å². The SMILES string of the molecule is CC(C)(C)C1COCCN1C=O. The summed E-state index contributed by atoms with van der Waals surface area (Å²) in [4.78, 5) is 12.5. The highest BCUT2D eigenvalue weighted by Gasteiger charge is 2.32. The highest BCUT2D eigenvalue weighted by molar-refractivity contribution is 5.48. The smallest absolute Gasteiger partial charge is 0.210 e. The van der Waals surface area contributed by atoms with Crippen LogP contribution in [0, 0.1) is 5.41 Å². The molecule has 1 fully saturated rings. The van der Waals surface area contributed by atoms with Crippen LogP contribution in [-0.2, 0) is 9.53 Å². The standard InChI is InChI=1S/C9H17NO2/c1-9(2,3)8-6-12-5-4-10(8)7-11/h7-8H,4-6H2,1-3H3. The lowest BCUT2D eigenvalue weighted by molar-refractivity contribution is -0.131. The zero-order valence-electron chi connectivity index (χ0n) is 8.04. The average molecular weight is 171 g/mol. The summed E-state index contributed by atoms with van der Waals surface area (Å²) < 4.78 is 5.34. The fourth-order valence-electron chi connectivity index (χ4n) is 1.49. The fourth-order valence-corrected chi connectivity index (χ4v) is 1.49. The van der Waals surface area contributed by atoms with E-state index in [1.54, 1.807) is 0 Å². The van der Waals surface area contributed by atoms with E-state index in [-0.39, 0.29) is 11.5 Å². The second kappa shape index (κ2) is 3.44. The number of ether oxygens (including phenoxy) is 1. The van der Waals surface area contributed by atoms with Crippen molar-refractivity contribution in [3.05, 3.63) is 0 Å². The molecule has 1 saturated heterocycles. The number of carbonyl (C=O) groups is 1. The van der Waals surface area contributed by atoms with Crippen molar-refractivity contribution in [3.8, 4) is 0 Å². The molecule has 0 spiro atoms. The second-order valence-electron chi connectivity index (χ2n) is 4.30. The van der Waals surface area contributed by atoms with E-state index in [0.717, 1.165) is 13.0 Å². The Labute approximate surface area is 73.7 Å². The zero-order chi connectivity index (χ0) is 9.19. The lowest BCUT2D eigenvalue weighted by atomic mass is 9.86. The van der Waals surface area contributed by atoms with Gasteiger partial charge in [-0.3, -0.25) is 4.79 Å². The van der Waals surface area contributed by atoms with Gasteiger partial charge < -0.3 is 9.64 Å². The van der Waals surface area contributed by atoms with Gasteiger partial charge in [-0.2, -0.15) is 0 Å². The molecule has 1 rings (SSSR count). The predicted octanol–water partition coefficient (Wildman–Crippen LogP) is 0.890. The van der Waals surface area contributed by atoms with Gasteiger partial charge in [-0.05, 0) is 5.41 Å². The molecule has 1 amide bonds. The number of nitrogens with zero attached hydrogens (tertiary/aromatic N) is 1. The molecule has 1 heterocycles. The Morgan fingerprint density at radius 1 is 1.50 bits per heavy atom. The van der Waals surface area contributed by atoms with Crippen LogP contribution in [0.2, 0.25) is 0 Å². The number of hydrogen-bond acceptors (Lipinski definition) is 2. The van der Waals surface area contributed by atoms with Crippen molar-refractivity contribution < 1.29 is 9.53 Å². The van der Waals surface area contributed by atoms with Crippen LogP contribution in [0.25, 0.3) is 0 Å². The summed E-state index contributed by atoms with van der Waals surface area (Å²) in [6, 6.07) is 0.226. The largest absolute Gasteiger partial charge is 0.377 e. The maximum atomic E-state index is 10.7. The van der Waals surface area contributed by atoms with Gasteiger partial charge in [-0.1, -0.05) is 20.8 Å². The molecule has 1 atom stereocenters. The van der Waals surface area contributed by atoms with Crippen molar-refractivity contribution in [1.82, 2.24) is 4.90 Å². The molecule has 1 aliphatic rings. The molecule has 70 valence electrons. The molecule has 3 heteroatoms. The Hall–Kier alpha value is -0.570. The molecular weight excluding hydrogens is 154 g/mol. The number of amides is 1. The Morgan fingerprint density at radius 2 is 2.17 bits per heavy atom. The van der Waals surface area contributed by atoms with Gasteiger partial charge in [-0.15, -0.1) is 0 Å². The van der Waals surface area contributed by atoms with E-state index in [2.05, 4.69) is 20.8 Å². The van der Waals surface area contributed by atoms with E-state index in [4.69, 9.17) is 4.74 Å². The molecule has 0 aromatic carbocycles. The maximum Gasteiger partial charge on any atom is 0.210 e. The van der Waals surface area contributed by atoms with Gasteiger partial charge in [0.05, 0.1) is 19.3 Å². The first-order chi connectivity index (χ1) is 5.55. The summed E-state index contributed by atoms with van der Waals surface area (Å²) >= 11 is 0. The van der Waals surface area contributed by atoms with Gasteiger partial charge in [0.2, 0.25) is 6.41 Å². The van der Waals surface area contributed by atoms with Crippen molar-refractivity contribution in [2.45, 2.75) is 26.8 Å². The molecule has 0 N–H and O–H groups in total. The van der Waals surface area contributed by atoms with Crippen LogP contribution in [0.1, 0.15) is 20.8 Å². The Morgan fingerprint density at radius 3 is 2.58 bits per heavy atom. The van der Waals surface area contributed by atoms with Crippen LogP contribution in [-0.4, -0.2) is 37.1 Å². The van der Waals surface area contributed by atoms with E-state index >= 15 is 0 Å². The third-order valence-corrected chi connectivity index (χ3v) is 2.30. The topological polar surface area (TPSA) is 29.5 Å². The summed E-state index contributed by atoms with van der Waals surface area (Å²) in [5, 5.41) is 0. The van der Waals surface area contributed by atoms with Gasteiger partial charge in [-0.25, -0.2) is 0 Å². The minimum Gasteiger partial charge on any atom is -0.377 e. The number of carbonyl (C=O) groups excluding carboxylic acids is 1. The van der Waals surface area contributed by atoms with Crippen LogP contribution in [0.3, 0.4) is 0 Å². The average Bonchev–Trinajstić information content (AvgIpc) is 2.03. The molecule has 0 bridgehead atoms. The molecule has 0 aromatic rings. The van der Waals surface area contributed by atoms with Crippen molar-refractivity contribution in [3.63, 3.8) is 0 Å². The van der Waals surface area contributed by atoms with Gasteiger partial charge in [0.25, 0.3) is 0 Å². The number of morpholine rings is 1. The number of rotatable bonds is 1. The summed E-state index contributed by atoms with van der Waals surface area (Å²) in [7, 11) is 0. The second-order valence-corrected chi connectivity index (χ2v) is 4.30. The van der Waals surface area contributed by atoms with E-state index in [0.29, 0.717) is 13.2 Å². The van der Waals surface area contributed by atoms with Gasteiger partial charge >= 0.3 is 0 Å². The first-order valence-corrected chi connectivity index (χ1v) is 4.34. The minimum atomic E-state index is 0.112. The van der Waals surface area contributed by atoms with Crippen molar-refractivity contribution in [1.29, 1.82) is 0 Å². The van der Waals surface area contributed by atoms with E-state index in [1.165, 1.54) is 0 Å². The van der Waals surface area contributed by atoms with Gasteiger partial charge in [0.15, 0.2) is 0 Å². The minimum absolute atomic E-state index is 0.112. The third-order valence-electron chi connectivity index (χ3n) is 2.30. The summed E-state index contributed by atoms with van der Waals surface area (Å²) in [6.45, 7) is 8.45. The first kappa shape index (κ1) is 9.52. The quantitative estimate of drug-likeness (QED) is 0.548. The monoisotopic (exact) mass is 171 g/mol. The van der Waals surface area contributed by atoms with Crippen molar-refractivity contribution >= 4 is 6.41 Å². The van der Waals surface area contributed by atoms with Crippen LogP contribution in [0.15, 0.2) is 0 Å².